The molecule has 0 spiro atoms. The van der Waals surface area contributed by atoms with Crippen LogP contribution in [0.15, 0.2) is 47.5 Å². The summed E-state index contributed by atoms with van der Waals surface area (Å²) in [5.74, 6) is 0.0664. The number of aromatic nitrogens is 1. The molecule has 0 bridgehead atoms. The number of nitrogens with zero attached hydrogens (tertiary/aromatic N) is 1. The number of thioether (sulfide) groups is 1. The monoisotopic (exact) mass is 317 g/mol. The number of carboxylic acids is 1. The summed E-state index contributed by atoms with van der Waals surface area (Å²) in [5.41, 5.74) is 0.143. The van der Waals surface area contributed by atoms with Gasteiger partial charge in [-0.1, -0.05) is 13.8 Å². The van der Waals surface area contributed by atoms with Crippen LogP contribution in [-0.4, -0.2) is 21.3 Å². The first kappa shape index (κ1) is 16.4. The van der Waals surface area contributed by atoms with Gasteiger partial charge in [0.05, 0.1) is 5.56 Å². The summed E-state index contributed by atoms with van der Waals surface area (Å²) in [6.45, 7) is 4.40. The second-order valence-electron chi connectivity index (χ2n) is 4.82. The van der Waals surface area contributed by atoms with Gasteiger partial charge in [0.25, 0.3) is 0 Å². The van der Waals surface area contributed by atoms with E-state index in [4.69, 9.17) is 9.84 Å². The van der Waals surface area contributed by atoms with E-state index in [0.29, 0.717) is 16.9 Å². The van der Waals surface area contributed by atoms with E-state index in [-0.39, 0.29) is 5.56 Å². The van der Waals surface area contributed by atoms with Crippen molar-refractivity contribution in [2.45, 2.75) is 36.8 Å². The molecule has 22 heavy (non-hydrogen) atoms. The Bertz CT molecular complexity index is 607. The fourth-order valence-corrected chi connectivity index (χ4v) is 2.93. The van der Waals surface area contributed by atoms with Gasteiger partial charge >= 0.3 is 5.97 Å². The van der Waals surface area contributed by atoms with Crippen LogP contribution in [0, 0.1) is 0 Å². The van der Waals surface area contributed by atoms with Gasteiger partial charge in [-0.2, -0.15) is 0 Å². The highest BCUT2D eigenvalue weighted by Gasteiger charge is 2.07. The lowest BCUT2D eigenvalue weighted by molar-refractivity contribution is 0.0696. The summed E-state index contributed by atoms with van der Waals surface area (Å²) in [5, 5.41) is 9.46. The van der Waals surface area contributed by atoms with Crippen molar-refractivity contribution in [3.63, 3.8) is 0 Å². The van der Waals surface area contributed by atoms with Crippen LogP contribution < -0.4 is 4.74 Å². The van der Waals surface area contributed by atoms with Crippen molar-refractivity contribution in [2.75, 3.05) is 0 Å². The van der Waals surface area contributed by atoms with E-state index in [1.807, 2.05) is 36.0 Å². The molecule has 0 amide bonds. The molecule has 116 valence electrons. The van der Waals surface area contributed by atoms with E-state index in [0.717, 1.165) is 12.8 Å². The Morgan fingerprint density at radius 3 is 2.36 bits per heavy atom. The van der Waals surface area contributed by atoms with Gasteiger partial charge in [-0.15, -0.1) is 11.8 Å². The van der Waals surface area contributed by atoms with Crippen LogP contribution in [0.1, 0.15) is 37.0 Å². The molecule has 0 aliphatic rings. The Kier molecular flexibility index (Phi) is 5.83. The predicted octanol–water partition coefficient (Wildman–Crippen LogP) is 4.85. The summed E-state index contributed by atoms with van der Waals surface area (Å²) in [7, 11) is 0. The van der Waals surface area contributed by atoms with E-state index >= 15 is 0 Å². The van der Waals surface area contributed by atoms with Gasteiger partial charge in [0.15, 0.2) is 0 Å². The molecule has 0 saturated heterocycles. The number of carboxylic acid groups (broad SMARTS) is 1. The third kappa shape index (κ3) is 4.49. The van der Waals surface area contributed by atoms with E-state index in [2.05, 4.69) is 18.8 Å². The first-order chi connectivity index (χ1) is 10.6. The van der Waals surface area contributed by atoms with Crippen molar-refractivity contribution in [2.24, 2.45) is 0 Å². The number of ether oxygens (including phenoxy) is 1. The molecule has 2 rings (SSSR count). The van der Waals surface area contributed by atoms with E-state index in [1.54, 1.807) is 6.07 Å². The number of rotatable bonds is 7. The first-order valence-corrected chi connectivity index (χ1v) is 8.14. The van der Waals surface area contributed by atoms with Crippen LogP contribution in [0.2, 0.25) is 0 Å². The van der Waals surface area contributed by atoms with E-state index in [9.17, 15) is 4.79 Å². The van der Waals surface area contributed by atoms with Crippen molar-refractivity contribution >= 4 is 17.7 Å². The number of benzene rings is 1. The van der Waals surface area contributed by atoms with Crippen LogP contribution in [0.25, 0.3) is 0 Å². The second-order valence-corrected chi connectivity index (χ2v) is 6.19. The number of aromatic carboxylic acids is 1. The fourth-order valence-electron chi connectivity index (χ4n) is 1.92. The number of pyridine rings is 1. The molecule has 0 atom stereocenters. The summed E-state index contributed by atoms with van der Waals surface area (Å²) >= 11 is 1.87. The predicted molar refractivity (Wildman–Crippen MR) is 87.9 cm³/mol. The summed E-state index contributed by atoms with van der Waals surface area (Å²) in [4.78, 5) is 16.0. The minimum atomic E-state index is -0.998. The zero-order valence-corrected chi connectivity index (χ0v) is 13.5. The van der Waals surface area contributed by atoms with Gasteiger partial charge in [0.2, 0.25) is 5.88 Å². The topological polar surface area (TPSA) is 59.4 Å². The largest absolute Gasteiger partial charge is 0.478 e. The molecule has 0 unspecified atom stereocenters. The molecule has 0 fully saturated rings. The Morgan fingerprint density at radius 1 is 1.18 bits per heavy atom. The highest BCUT2D eigenvalue weighted by Crippen LogP contribution is 2.29. The molecule has 1 heterocycles. The minimum absolute atomic E-state index is 0.143. The summed E-state index contributed by atoms with van der Waals surface area (Å²) in [6.07, 6.45) is 3.59. The van der Waals surface area contributed by atoms with Gasteiger partial charge in [0, 0.05) is 22.4 Å². The Morgan fingerprint density at radius 2 is 1.86 bits per heavy atom. The fraction of sp³-hybridized carbons (Fsp3) is 0.294. The highest BCUT2D eigenvalue weighted by molar-refractivity contribution is 8.00. The van der Waals surface area contributed by atoms with Gasteiger partial charge in [-0.05, 0) is 43.2 Å². The van der Waals surface area contributed by atoms with Crippen molar-refractivity contribution in [3.05, 3.63) is 48.2 Å². The van der Waals surface area contributed by atoms with Crippen LogP contribution in [0.3, 0.4) is 0 Å². The Labute approximate surface area is 134 Å². The molecule has 2 aromatic rings. The van der Waals surface area contributed by atoms with Crippen LogP contribution in [-0.2, 0) is 0 Å². The molecule has 0 radical (unpaired) electrons. The lowest BCUT2D eigenvalue weighted by Crippen LogP contribution is -1.98. The zero-order chi connectivity index (χ0) is 15.9. The molecule has 0 aliphatic carbocycles. The standard InChI is InChI=1S/C17H19NO3S/c1-3-14(4-2)22-15-8-6-13(7-9-15)21-16-10-5-12(11-18-16)17(19)20/h5-11,14H,3-4H2,1-2H3,(H,19,20). The van der Waals surface area contributed by atoms with Gasteiger partial charge in [-0.3, -0.25) is 0 Å². The number of hydrogen-bond donors (Lipinski definition) is 1. The number of hydrogen-bond acceptors (Lipinski definition) is 4. The van der Waals surface area contributed by atoms with Gasteiger partial charge in [0.1, 0.15) is 5.75 Å². The molecular formula is C17H19NO3S. The third-order valence-corrected chi connectivity index (χ3v) is 4.79. The third-order valence-electron chi connectivity index (χ3n) is 3.24. The highest BCUT2D eigenvalue weighted by atomic mass is 32.2. The van der Waals surface area contributed by atoms with E-state index in [1.165, 1.54) is 17.2 Å². The lowest BCUT2D eigenvalue weighted by Gasteiger charge is -2.12. The molecule has 0 saturated carbocycles. The van der Waals surface area contributed by atoms with E-state index < -0.39 is 5.97 Å². The minimum Gasteiger partial charge on any atom is -0.478 e. The maximum Gasteiger partial charge on any atom is 0.337 e. The zero-order valence-electron chi connectivity index (χ0n) is 12.7. The molecule has 1 aromatic heterocycles. The SMILES string of the molecule is CCC(CC)Sc1ccc(Oc2ccc(C(=O)O)cn2)cc1. The summed E-state index contributed by atoms with van der Waals surface area (Å²) in [6, 6.07) is 10.9. The Balaban J connectivity index is 2.00. The molecule has 0 aliphatic heterocycles. The lowest BCUT2D eigenvalue weighted by atomic mass is 10.3. The van der Waals surface area contributed by atoms with Crippen molar-refractivity contribution in [3.8, 4) is 11.6 Å². The van der Waals surface area contributed by atoms with Gasteiger partial charge < -0.3 is 9.84 Å². The Hall–Kier alpha value is -2.01. The van der Waals surface area contributed by atoms with Crippen LogP contribution in [0.4, 0.5) is 0 Å². The van der Waals surface area contributed by atoms with Gasteiger partial charge in [-0.25, -0.2) is 9.78 Å². The molecule has 4 nitrogen and oxygen atoms in total. The van der Waals surface area contributed by atoms with Crippen molar-refractivity contribution in [1.82, 2.24) is 4.98 Å². The van der Waals surface area contributed by atoms with Crippen molar-refractivity contribution in [1.29, 1.82) is 0 Å². The molecular weight excluding hydrogens is 298 g/mol. The van der Waals surface area contributed by atoms with Crippen LogP contribution >= 0.6 is 11.8 Å². The maximum absolute atomic E-state index is 10.8. The molecule has 1 aromatic carbocycles. The normalized spacial score (nSPS) is 10.7. The second kappa shape index (κ2) is 7.84. The smallest absolute Gasteiger partial charge is 0.337 e. The first-order valence-electron chi connectivity index (χ1n) is 7.26. The quantitative estimate of drug-likeness (QED) is 0.739. The molecule has 1 N–H and O–H groups in total. The summed E-state index contributed by atoms with van der Waals surface area (Å²) < 4.78 is 5.61. The average Bonchev–Trinajstić information content (AvgIpc) is 2.54. The number of carbonyl (C=O) groups is 1. The average molecular weight is 317 g/mol. The van der Waals surface area contributed by atoms with Crippen LogP contribution in [0.5, 0.6) is 11.6 Å². The maximum atomic E-state index is 10.8. The van der Waals surface area contributed by atoms with Crippen molar-refractivity contribution < 1.29 is 14.6 Å². The molecule has 5 heteroatoms.